The number of rotatable bonds is 9. The SMILES string of the molecule is CCCC(N[C@H](CO)c1ccccc1)c1ccc(Oc2ccccc2)cc1. The number of aliphatic hydroxyl groups excluding tert-OH is 1. The number of hydrogen-bond donors (Lipinski definition) is 2. The van der Waals surface area contributed by atoms with Crippen LogP contribution in [0.15, 0.2) is 84.9 Å². The highest BCUT2D eigenvalue weighted by molar-refractivity contribution is 5.34. The average molecular weight is 361 g/mol. The molecule has 3 heteroatoms. The Labute approximate surface area is 161 Å². The van der Waals surface area contributed by atoms with E-state index >= 15 is 0 Å². The minimum Gasteiger partial charge on any atom is -0.457 e. The minimum atomic E-state index is -0.0806. The normalized spacial score (nSPS) is 13.1. The van der Waals surface area contributed by atoms with Gasteiger partial charge in [-0.1, -0.05) is 74.0 Å². The maximum absolute atomic E-state index is 9.87. The van der Waals surface area contributed by atoms with Gasteiger partial charge in [-0.25, -0.2) is 0 Å². The Kier molecular flexibility index (Phi) is 7.03. The summed E-state index contributed by atoms with van der Waals surface area (Å²) in [6.07, 6.45) is 2.06. The van der Waals surface area contributed by atoms with Gasteiger partial charge in [0.15, 0.2) is 0 Å². The molecule has 0 aliphatic rings. The molecule has 0 radical (unpaired) electrons. The van der Waals surface area contributed by atoms with Gasteiger partial charge in [-0.05, 0) is 41.8 Å². The van der Waals surface area contributed by atoms with Crippen molar-refractivity contribution in [2.75, 3.05) is 6.61 Å². The molecule has 140 valence electrons. The van der Waals surface area contributed by atoms with E-state index in [4.69, 9.17) is 4.74 Å². The summed E-state index contributed by atoms with van der Waals surface area (Å²) in [6.45, 7) is 2.25. The van der Waals surface area contributed by atoms with E-state index < -0.39 is 0 Å². The van der Waals surface area contributed by atoms with Crippen LogP contribution in [0.1, 0.15) is 43.0 Å². The second-order valence-electron chi connectivity index (χ2n) is 6.64. The number of hydrogen-bond acceptors (Lipinski definition) is 3. The Bertz CT molecular complexity index is 788. The van der Waals surface area contributed by atoms with E-state index in [-0.39, 0.29) is 18.7 Å². The molecule has 0 aromatic heterocycles. The molecule has 1 unspecified atom stereocenters. The average Bonchev–Trinajstić information content (AvgIpc) is 2.73. The van der Waals surface area contributed by atoms with Gasteiger partial charge in [-0.15, -0.1) is 0 Å². The fourth-order valence-corrected chi connectivity index (χ4v) is 3.21. The fraction of sp³-hybridized carbons (Fsp3) is 0.250. The van der Waals surface area contributed by atoms with E-state index in [2.05, 4.69) is 24.4 Å². The molecule has 3 nitrogen and oxygen atoms in total. The molecule has 2 N–H and O–H groups in total. The largest absolute Gasteiger partial charge is 0.457 e. The number of para-hydroxylation sites is 1. The second kappa shape index (κ2) is 9.91. The first-order valence-electron chi connectivity index (χ1n) is 9.55. The lowest BCUT2D eigenvalue weighted by Gasteiger charge is -2.25. The van der Waals surface area contributed by atoms with E-state index in [1.54, 1.807) is 0 Å². The molecule has 0 bridgehead atoms. The first-order valence-corrected chi connectivity index (χ1v) is 9.55. The topological polar surface area (TPSA) is 41.5 Å². The van der Waals surface area contributed by atoms with Crippen LogP contribution in [0.25, 0.3) is 0 Å². The molecule has 0 fully saturated rings. The summed E-state index contributed by atoms with van der Waals surface area (Å²) < 4.78 is 5.88. The van der Waals surface area contributed by atoms with Crippen molar-refractivity contribution in [1.29, 1.82) is 0 Å². The molecular weight excluding hydrogens is 334 g/mol. The van der Waals surface area contributed by atoms with Crippen molar-refractivity contribution in [3.8, 4) is 11.5 Å². The quantitative estimate of drug-likeness (QED) is 0.518. The van der Waals surface area contributed by atoms with Crippen molar-refractivity contribution in [3.05, 3.63) is 96.1 Å². The van der Waals surface area contributed by atoms with Crippen LogP contribution in [-0.2, 0) is 0 Å². The third kappa shape index (κ3) is 5.43. The van der Waals surface area contributed by atoms with E-state index in [0.29, 0.717) is 0 Å². The zero-order valence-electron chi connectivity index (χ0n) is 15.7. The van der Waals surface area contributed by atoms with Gasteiger partial charge >= 0.3 is 0 Å². The predicted molar refractivity (Wildman–Crippen MR) is 110 cm³/mol. The van der Waals surface area contributed by atoms with Crippen LogP contribution >= 0.6 is 0 Å². The van der Waals surface area contributed by atoms with Crippen molar-refractivity contribution < 1.29 is 9.84 Å². The standard InChI is InChI=1S/C24H27NO2/c1-2-9-23(25-24(18-26)19-10-5-3-6-11-19)20-14-16-22(17-15-20)27-21-12-7-4-8-13-21/h3-8,10-17,23-26H,2,9,18H2,1H3/t23?,24-/m1/s1. The minimum absolute atomic E-state index is 0.0689. The van der Waals surface area contributed by atoms with E-state index in [1.165, 1.54) is 5.56 Å². The summed E-state index contributed by atoms with van der Waals surface area (Å²) in [5, 5.41) is 13.5. The molecule has 0 aliphatic carbocycles. The smallest absolute Gasteiger partial charge is 0.127 e. The Balaban J connectivity index is 1.72. The van der Waals surface area contributed by atoms with Crippen LogP contribution in [0.2, 0.25) is 0 Å². The van der Waals surface area contributed by atoms with Crippen LogP contribution in [0.3, 0.4) is 0 Å². The van der Waals surface area contributed by atoms with Crippen LogP contribution in [0.5, 0.6) is 11.5 Å². The zero-order chi connectivity index (χ0) is 18.9. The lowest BCUT2D eigenvalue weighted by molar-refractivity contribution is 0.230. The van der Waals surface area contributed by atoms with Gasteiger partial charge in [0.25, 0.3) is 0 Å². The summed E-state index contributed by atoms with van der Waals surface area (Å²) in [7, 11) is 0. The lowest BCUT2D eigenvalue weighted by Crippen LogP contribution is -2.29. The molecule has 3 rings (SSSR count). The van der Waals surface area contributed by atoms with Crippen LogP contribution in [0.4, 0.5) is 0 Å². The third-order valence-electron chi connectivity index (χ3n) is 4.63. The first-order chi connectivity index (χ1) is 13.3. The van der Waals surface area contributed by atoms with Gasteiger partial charge in [0.05, 0.1) is 12.6 Å². The summed E-state index contributed by atoms with van der Waals surface area (Å²) >= 11 is 0. The number of nitrogens with one attached hydrogen (secondary N) is 1. The maximum Gasteiger partial charge on any atom is 0.127 e. The summed E-state index contributed by atoms with van der Waals surface area (Å²) in [6, 6.07) is 28.2. The molecule has 0 spiro atoms. The molecule has 3 aromatic rings. The third-order valence-corrected chi connectivity index (χ3v) is 4.63. The number of aliphatic hydroxyl groups is 1. The molecule has 2 atom stereocenters. The maximum atomic E-state index is 9.87. The van der Waals surface area contributed by atoms with Gasteiger partial charge in [-0.2, -0.15) is 0 Å². The van der Waals surface area contributed by atoms with Crippen molar-refractivity contribution in [2.45, 2.75) is 31.8 Å². The Morgan fingerprint density at radius 2 is 1.30 bits per heavy atom. The Morgan fingerprint density at radius 3 is 1.89 bits per heavy atom. The summed E-state index contributed by atoms with van der Waals surface area (Å²) in [5.74, 6) is 1.65. The highest BCUT2D eigenvalue weighted by Crippen LogP contribution is 2.27. The van der Waals surface area contributed by atoms with Crippen molar-refractivity contribution in [1.82, 2.24) is 5.32 Å². The van der Waals surface area contributed by atoms with Crippen LogP contribution < -0.4 is 10.1 Å². The van der Waals surface area contributed by atoms with E-state index in [1.807, 2.05) is 72.8 Å². The summed E-state index contributed by atoms with van der Waals surface area (Å²) in [4.78, 5) is 0. The molecule has 0 saturated heterocycles. The summed E-state index contributed by atoms with van der Waals surface area (Å²) in [5.41, 5.74) is 2.30. The van der Waals surface area contributed by atoms with Gasteiger partial charge < -0.3 is 15.2 Å². The monoisotopic (exact) mass is 361 g/mol. The molecule has 0 heterocycles. The van der Waals surface area contributed by atoms with Crippen molar-refractivity contribution in [3.63, 3.8) is 0 Å². The van der Waals surface area contributed by atoms with E-state index in [9.17, 15) is 5.11 Å². The highest BCUT2D eigenvalue weighted by atomic mass is 16.5. The van der Waals surface area contributed by atoms with Gasteiger partial charge in [-0.3, -0.25) is 0 Å². The molecule has 0 amide bonds. The molecule has 27 heavy (non-hydrogen) atoms. The Hall–Kier alpha value is -2.62. The van der Waals surface area contributed by atoms with Crippen LogP contribution in [-0.4, -0.2) is 11.7 Å². The Morgan fingerprint density at radius 1 is 0.741 bits per heavy atom. The molecule has 0 aliphatic heterocycles. The second-order valence-corrected chi connectivity index (χ2v) is 6.64. The van der Waals surface area contributed by atoms with Crippen molar-refractivity contribution in [2.24, 2.45) is 0 Å². The lowest BCUT2D eigenvalue weighted by atomic mass is 9.99. The molecule has 0 saturated carbocycles. The van der Waals surface area contributed by atoms with E-state index in [0.717, 1.165) is 29.9 Å². The van der Waals surface area contributed by atoms with Gasteiger partial charge in [0.1, 0.15) is 11.5 Å². The van der Waals surface area contributed by atoms with Gasteiger partial charge in [0, 0.05) is 6.04 Å². The molecule has 3 aromatic carbocycles. The van der Waals surface area contributed by atoms with Crippen molar-refractivity contribution >= 4 is 0 Å². The molecular formula is C24H27NO2. The fourth-order valence-electron chi connectivity index (χ4n) is 3.21. The number of benzene rings is 3. The highest BCUT2D eigenvalue weighted by Gasteiger charge is 2.17. The van der Waals surface area contributed by atoms with Crippen LogP contribution in [0, 0.1) is 0 Å². The predicted octanol–water partition coefficient (Wildman–Crippen LogP) is 5.64. The number of ether oxygens (including phenoxy) is 1. The first kappa shape index (κ1) is 19.2. The van der Waals surface area contributed by atoms with Gasteiger partial charge in [0.2, 0.25) is 0 Å². The zero-order valence-corrected chi connectivity index (χ0v) is 15.7.